The Balaban J connectivity index is 2.51. The number of nitrogens with zero attached hydrogens (tertiary/aromatic N) is 1. The van der Waals surface area contributed by atoms with Crippen molar-refractivity contribution in [2.75, 3.05) is 0 Å². The predicted octanol–water partition coefficient (Wildman–Crippen LogP) is 3.86. The van der Waals surface area contributed by atoms with Gasteiger partial charge in [-0.05, 0) is 40.2 Å². The van der Waals surface area contributed by atoms with Gasteiger partial charge in [-0.2, -0.15) is 0 Å². The minimum Gasteiger partial charge on any atom is -0.478 e. The number of pyridine rings is 1. The van der Waals surface area contributed by atoms with Gasteiger partial charge < -0.3 is 5.11 Å². The lowest BCUT2D eigenvalue weighted by molar-refractivity contribution is 0.0696. The van der Waals surface area contributed by atoms with Crippen LogP contribution in [0.3, 0.4) is 0 Å². The summed E-state index contributed by atoms with van der Waals surface area (Å²) in [6.07, 6.45) is 0. The third-order valence-corrected chi connectivity index (χ3v) is 2.84. The van der Waals surface area contributed by atoms with Crippen LogP contribution in [0.1, 0.15) is 10.4 Å². The summed E-state index contributed by atoms with van der Waals surface area (Å²) < 4.78 is 0.488. The van der Waals surface area contributed by atoms with E-state index >= 15 is 0 Å². The van der Waals surface area contributed by atoms with Gasteiger partial charge in [-0.3, -0.25) is 0 Å². The number of hydrogen-bond acceptors (Lipinski definition) is 2. The van der Waals surface area contributed by atoms with E-state index in [0.29, 0.717) is 15.3 Å². The van der Waals surface area contributed by atoms with Crippen molar-refractivity contribution < 1.29 is 9.90 Å². The Bertz CT molecular complexity index is 569. The fourth-order valence-electron chi connectivity index (χ4n) is 1.39. The van der Waals surface area contributed by atoms with Crippen molar-refractivity contribution in [3.8, 4) is 11.3 Å². The number of halogens is 2. The van der Waals surface area contributed by atoms with E-state index in [9.17, 15) is 4.79 Å². The van der Waals surface area contributed by atoms with Crippen molar-refractivity contribution in [1.82, 2.24) is 4.98 Å². The Kier molecular flexibility index (Phi) is 3.45. The second kappa shape index (κ2) is 4.85. The summed E-state index contributed by atoms with van der Waals surface area (Å²) in [7, 11) is 0. The summed E-state index contributed by atoms with van der Waals surface area (Å²) in [5.74, 6) is -0.983. The molecule has 0 radical (unpaired) electrons. The fraction of sp³-hybridized carbons (Fsp3) is 0. The van der Waals surface area contributed by atoms with E-state index in [4.69, 9.17) is 16.7 Å². The Labute approximate surface area is 111 Å². The molecule has 0 unspecified atom stereocenters. The summed E-state index contributed by atoms with van der Waals surface area (Å²) >= 11 is 8.98. The molecule has 0 aliphatic rings. The Morgan fingerprint density at radius 1 is 1.24 bits per heavy atom. The van der Waals surface area contributed by atoms with E-state index in [1.807, 2.05) is 0 Å². The minimum absolute atomic E-state index is 0.192. The quantitative estimate of drug-likeness (QED) is 0.857. The molecule has 1 aromatic heterocycles. The summed E-state index contributed by atoms with van der Waals surface area (Å²) in [6.45, 7) is 0. The van der Waals surface area contributed by atoms with E-state index in [2.05, 4.69) is 20.9 Å². The SMILES string of the molecule is O=C(O)c1cc(Br)nc(-c2ccc(Cl)cc2)c1. The van der Waals surface area contributed by atoms with Crippen LogP contribution in [0.15, 0.2) is 41.0 Å². The number of carboxylic acids is 1. The van der Waals surface area contributed by atoms with Gasteiger partial charge in [0, 0.05) is 10.6 Å². The first-order valence-electron chi connectivity index (χ1n) is 4.73. The molecule has 0 atom stereocenters. The van der Waals surface area contributed by atoms with Crippen LogP contribution in [-0.2, 0) is 0 Å². The normalized spacial score (nSPS) is 10.2. The highest BCUT2D eigenvalue weighted by Gasteiger charge is 2.08. The number of carbonyl (C=O) groups is 1. The van der Waals surface area contributed by atoms with Gasteiger partial charge in [0.25, 0.3) is 0 Å². The first kappa shape index (κ1) is 12.1. The first-order chi connectivity index (χ1) is 8.06. The van der Waals surface area contributed by atoms with E-state index in [-0.39, 0.29) is 5.56 Å². The van der Waals surface area contributed by atoms with Crippen LogP contribution >= 0.6 is 27.5 Å². The van der Waals surface area contributed by atoms with Gasteiger partial charge in [0.1, 0.15) is 4.60 Å². The average Bonchev–Trinajstić information content (AvgIpc) is 2.29. The van der Waals surface area contributed by atoms with Crippen LogP contribution in [0, 0.1) is 0 Å². The zero-order valence-corrected chi connectivity index (χ0v) is 10.9. The zero-order chi connectivity index (χ0) is 12.4. The molecule has 0 spiro atoms. The molecule has 3 nitrogen and oxygen atoms in total. The Morgan fingerprint density at radius 2 is 1.88 bits per heavy atom. The van der Waals surface area contributed by atoms with Crippen molar-refractivity contribution >= 4 is 33.5 Å². The standard InChI is InChI=1S/C12H7BrClNO2/c13-11-6-8(12(16)17)5-10(15-11)7-1-3-9(14)4-2-7/h1-6H,(H,16,17). The highest BCUT2D eigenvalue weighted by Crippen LogP contribution is 2.23. The van der Waals surface area contributed by atoms with Gasteiger partial charge in [-0.25, -0.2) is 9.78 Å². The zero-order valence-electron chi connectivity index (χ0n) is 8.52. The van der Waals surface area contributed by atoms with E-state index in [0.717, 1.165) is 5.56 Å². The third-order valence-electron chi connectivity index (χ3n) is 2.18. The van der Waals surface area contributed by atoms with Gasteiger partial charge in [0.05, 0.1) is 11.3 Å². The van der Waals surface area contributed by atoms with Crippen LogP contribution < -0.4 is 0 Å². The number of rotatable bonds is 2. The second-order valence-electron chi connectivity index (χ2n) is 3.38. The van der Waals surface area contributed by atoms with Crippen molar-refractivity contribution in [2.24, 2.45) is 0 Å². The molecule has 2 aromatic rings. The number of benzene rings is 1. The molecule has 5 heteroatoms. The van der Waals surface area contributed by atoms with Gasteiger partial charge in [0.15, 0.2) is 0 Å². The maximum Gasteiger partial charge on any atom is 0.335 e. The summed E-state index contributed by atoms with van der Waals surface area (Å²) in [4.78, 5) is 15.1. The molecule has 0 fully saturated rings. The summed E-state index contributed by atoms with van der Waals surface area (Å²) in [6, 6.07) is 10.0. The van der Waals surface area contributed by atoms with Crippen LogP contribution in [-0.4, -0.2) is 16.1 Å². The van der Waals surface area contributed by atoms with Crippen molar-refractivity contribution in [2.45, 2.75) is 0 Å². The average molecular weight is 313 g/mol. The highest BCUT2D eigenvalue weighted by molar-refractivity contribution is 9.10. The van der Waals surface area contributed by atoms with Crippen LogP contribution in [0.2, 0.25) is 5.02 Å². The molecule has 0 saturated heterocycles. The highest BCUT2D eigenvalue weighted by atomic mass is 79.9. The molecular formula is C12H7BrClNO2. The molecule has 0 amide bonds. The molecule has 0 bridgehead atoms. The second-order valence-corrected chi connectivity index (χ2v) is 4.62. The lowest BCUT2D eigenvalue weighted by atomic mass is 10.1. The van der Waals surface area contributed by atoms with E-state index in [1.54, 1.807) is 24.3 Å². The molecule has 0 saturated carbocycles. The minimum atomic E-state index is -0.983. The molecule has 1 heterocycles. The largest absolute Gasteiger partial charge is 0.478 e. The first-order valence-corrected chi connectivity index (χ1v) is 5.90. The van der Waals surface area contributed by atoms with Crippen LogP contribution in [0.5, 0.6) is 0 Å². The van der Waals surface area contributed by atoms with Gasteiger partial charge >= 0.3 is 5.97 Å². The van der Waals surface area contributed by atoms with Gasteiger partial charge in [0.2, 0.25) is 0 Å². The van der Waals surface area contributed by atoms with Crippen LogP contribution in [0.4, 0.5) is 0 Å². The molecule has 1 N–H and O–H groups in total. The lowest BCUT2D eigenvalue weighted by Gasteiger charge is -2.03. The third kappa shape index (κ3) is 2.84. The smallest absolute Gasteiger partial charge is 0.335 e. The summed E-state index contributed by atoms with van der Waals surface area (Å²) in [5, 5.41) is 9.58. The van der Waals surface area contributed by atoms with E-state index in [1.165, 1.54) is 12.1 Å². The number of hydrogen-bond donors (Lipinski definition) is 1. The topological polar surface area (TPSA) is 50.2 Å². The maximum absolute atomic E-state index is 10.9. The van der Waals surface area contributed by atoms with Crippen molar-refractivity contribution in [3.63, 3.8) is 0 Å². The lowest BCUT2D eigenvalue weighted by Crippen LogP contribution is -1.98. The Morgan fingerprint density at radius 3 is 2.47 bits per heavy atom. The molecule has 1 aromatic carbocycles. The molecular weight excluding hydrogens is 305 g/mol. The van der Waals surface area contributed by atoms with E-state index < -0.39 is 5.97 Å². The maximum atomic E-state index is 10.9. The number of carboxylic acid groups (broad SMARTS) is 1. The Hall–Kier alpha value is -1.39. The monoisotopic (exact) mass is 311 g/mol. The van der Waals surface area contributed by atoms with Gasteiger partial charge in [-0.15, -0.1) is 0 Å². The molecule has 0 aliphatic carbocycles. The predicted molar refractivity (Wildman–Crippen MR) is 69.3 cm³/mol. The van der Waals surface area contributed by atoms with Crippen molar-refractivity contribution in [1.29, 1.82) is 0 Å². The molecule has 17 heavy (non-hydrogen) atoms. The number of aromatic nitrogens is 1. The fourth-order valence-corrected chi connectivity index (χ4v) is 1.95. The summed E-state index contributed by atoms with van der Waals surface area (Å²) in [5.41, 5.74) is 1.60. The molecule has 2 rings (SSSR count). The van der Waals surface area contributed by atoms with Gasteiger partial charge in [-0.1, -0.05) is 23.7 Å². The van der Waals surface area contributed by atoms with Crippen LogP contribution in [0.25, 0.3) is 11.3 Å². The van der Waals surface area contributed by atoms with Crippen molar-refractivity contribution in [3.05, 3.63) is 51.6 Å². The molecule has 0 aliphatic heterocycles. The molecule has 86 valence electrons. The number of aromatic carboxylic acids is 1.